The highest BCUT2D eigenvalue weighted by Crippen LogP contribution is 2.25. The van der Waals surface area contributed by atoms with Gasteiger partial charge in [0.2, 0.25) is 0 Å². The summed E-state index contributed by atoms with van der Waals surface area (Å²) < 4.78 is 10.8. The van der Waals surface area contributed by atoms with Gasteiger partial charge in [-0.3, -0.25) is 0 Å². The van der Waals surface area contributed by atoms with Crippen LogP contribution in [-0.2, 0) is 11.2 Å². The molecular formula is C13H19NO2. The fourth-order valence-electron chi connectivity index (χ4n) is 2.17. The molecule has 0 bridgehead atoms. The van der Waals surface area contributed by atoms with Gasteiger partial charge < -0.3 is 14.8 Å². The lowest BCUT2D eigenvalue weighted by Crippen LogP contribution is -2.61. The van der Waals surface area contributed by atoms with Crippen LogP contribution in [0.2, 0.25) is 0 Å². The van der Waals surface area contributed by atoms with Crippen LogP contribution >= 0.6 is 0 Å². The molecule has 88 valence electrons. The standard InChI is InChI=1S/C13H19NO2/c1-10-6-11(4-5-12(10)15-2)7-13(16-3)8-14-9-13/h4-6,14H,7-9H2,1-3H3. The first-order valence-electron chi connectivity index (χ1n) is 5.58. The zero-order valence-electron chi connectivity index (χ0n) is 10.2. The van der Waals surface area contributed by atoms with E-state index in [4.69, 9.17) is 9.47 Å². The highest BCUT2D eigenvalue weighted by atomic mass is 16.5. The Kier molecular flexibility index (Phi) is 3.17. The Hall–Kier alpha value is -1.06. The van der Waals surface area contributed by atoms with Crippen molar-refractivity contribution in [1.29, 1.82) is 0 Å². The minimum Gasteiger partial charge on any atom is -0.496 e. The van der Waals surface area contributed by atoms with E-state index in [0.717, 1.165) is 25.3 Å². The molecule has 3 heteroatoms. The van der Waals surface area contributed by atoms with Gasteiger partial charge in [-0.15, -0.1) is 0 Å². The monoisotopic (exact) mass is 221 g/mol. The van der Waals surface area contributed by atoms with Crippen LogP contribution in [0, 0.1) is 6.92 Å². The zero-order valence-corrected chi connectivity index (χ0v) is 10.2. The summed E-state index contributed by atoms with van der Waals surface area (Å²) in [6, 6.07) is 6.32. The van der Waals surface area contributed by atoms with Gasteiger partial charge in [-0.1, -0.05) is 12.1 Å². The SMILES string of the molecule is COc1ccc(CC2(OC)CNC2)cc1C. The molecule has 0 saturated carbocycles. The summed E-state index contributed by atoms with van der Waals surface area (Å²) in [7, 11) is 3.49. The van der Waals surface area contributed by atoms with E-state index in [9.17, 15) is 0 Å². The summed E-state index contributed by atoms with van der Waals surface area (Å²) in [5.41, 5.74) is 2.49. The predicted molar refractivity (Wildman–Crippen MR) is 64.0 cm³/mol. The van der Waals surface area contributed by atoms with Crippen LogP contribution in [0.25, 0.3) is 0 Å². The average molecular weight is 221 g/mol. The number of rotatable bonds is 4. The van der Waals surface area contributed by atoms with E-state index in [1.165, 1.54) is 11.1 Å². The summed E-state index contributed by atoms with van der Waals surface area (Å²) >= 11 is 0. The Labute approximate surface area is 96.8 Å². The van der Waals surface area contributed by atoms with Crippen molar-refractivity contribution in [3.8, 4) is 5.75 Å². The Morgan fingerprint density at radius 1 is 1.31 bits per heavy atom. The molecule has 0 spiro atoms. The van der Waals surface area contributed by atoms with Crippen molar-refractivity contribution in [2.45, 2.75) is 18.9 Å². The number of aryl methyl sites for hydroxylation is 1. The van der Waals surface area contributed by atoms with Crippen molar-refractivity contribution in [1.82, 2.24) is 5.32 Å². The quantitative estimate of drug-likeness (QED) is 0.836. The normalized spacial score (nSPS) is 17.9. The smallest absolute Gasteiger partial charge is 0.121 e. The lowest BCUT2D eigenvalue weighted by molar-refractivity contribution is -0.0502. The van der Waals surface area contributed by atoms with Crippen LogP contribution in [-0.4, -0.2) is 32.9 Å². The van der Waals surface area contributed by atoms with Gasteiger partial charge in [-0.05, 0) is 24.1 Å². The third kappa shape index (κ3) is 2.06. The number of hydrogen-bond acceptors (Lipinski definition) is 3. The molecule has 0 aromatic heterocycles. The number of ether oxygens (including phenoxy) is 2. The maximum Gasteiger partial charge on any atom is 0.121 e. The molecule has 1 aliphatic rings. The number of nitrogens with one attached hydrogen (secondary N) is 1. The van der Waals surface area contributed by atoms with Crippen molar-refractivity contribution in [2.75, 3.05) is 27.3 Å². The van der Waals surface area contributed by atoms with E-state index >= 15 is 0 Å². The second kappa shape index (κ2) is 4.44. The lowest BCUT2D eigenvalue weighted by atomic mass is 9.88. The van der Waals surface area contributed by atoms with Crippen molar-refractivity contribution in [3.63, 3.8) is 0 Å². The first-order valence-corrected chi connectivity index (χ1v) is 5.58. The van der Waals surface area contributed by atoms with E-state index in [-0.39, 0.29) is 5.60 Å². The fourth-order valence-corrected chi connectivity index (χ4v) is 2.17. The highest BCUT2D eigenvalue weighted by molar-refractivity contribution is 5.37. The molecule has 1 saturated heterocycles. The molecule has 1 heterocycles. The van der Waals surface area contributed by atoms with Gasteiger partial charge in [0.25, 0.3) is 0 Å². The minimum absolute atomic E-state index is 0.00102. The third-order valence-corrected chi connectivity index (χ3v) is 3.31. The summed E-state index contributed by atoms with van der Waals surface area (Å²) in [6.07, 6.45) is 0.960. The van der Waals surface area contributed by atoms with Crippen LogP contribution in [0.15, 0.2) is 18.2 Å². The van der Waals surface area contributed by atoms with E-state index in [0.29, 0.717) is 0 Å². The van der Waals surface area contributed by atoms with Crippen LogP contribution < -0.4 is 10.1 Å². The molecule has 1 N–H and O–H groups in total. The van der Waals surface area contributed by atoms with Crippen LogP contribution in [0.5, 0.6) is 5.75 Å². The molecule has 0 radical (unpaired) electrons. The van der Waals surface area contributed by atoms with E-state index in [1.54, 1.807) is 14.2 Å². The molecular weight excluding hydrogens is 202 g/mol. The maximum atomic E-state index is 5.58. The van der Waals surface area contributed by atoms with Crippen LogP contribution in [0.1, 0.15) is 11.1 Å². The Morgan fingerprint density at radius 2 is 2.06 bits per heavy atom. The Balaban J connectivity index is 2.13. The maximum absolute atomic E-state index is 5.58. The van der Waals surface area contributed by atoms with Crippen molar-refractivity contribution in [2.24, 2.45) is 0 Å². The molecule has 16 heavy (non-hydrogen) atoms. The molecule has 1 aliphatic heterocycles. The summed E-state index contributed by atoms with van der Waals surface area (Å²) in [5.74, 6) is 0.946. The Bertz CT molecular complexity index is 367. The largest absolute Gasteiger partial charge is 0.496 e. The highest BCUT2D eigenvalue weighted by Gasteiger charge is 2.36. The van der Waals surface area contributed by atoms with Crippen molar-refractivity contribution in [3.05, 3.63) is 29.3 Å². The summed E-state index contributed by atoms with van der Waals surface area (Å²) in [4.78, 5) is 0. The molecule has 0 atom stereocenters. The van der Waals surface area contributed by atoms with Crippen LogP contribution in [0.4, 0.5) is 0 Å². The van der Waals surface area contributed by atoms with Gasteiger partial charge in [0.05, 0.1) is 12.7 Å². The summed E-state index contributed by atoms with van der Waals surface area (Å²) in [5, 5.41) is 3.26. The number of hydrogen-bond donors (Lipinski definition) is 1. The van der Waals surface area contributed by atoms with Gasteiger partial charge in [0.1, 0.15) is 5.75 Å². The molecule has 0 unspecified atom stereocenters. The van der Waals surface area contributed by atoms with Crippen LogP contribution in [0.3, 0.4) is 0 Å². The minimum atomic E-state index is 0.00102. The van der Waals surface area contributed by atoms with E-state index < -0.39 is 0 Å². The molecule has 2 rings (SSSR count). The lowest BCUT2D eigenvalue weighted by Gasteiger charge is -2.41. The van der Waals surface area contributed by atoms with E-state index in [2.05, 4.69) is 24.4 Å². The van der Waals surface area contributed by atoms with Gasteiger partial charge in [0.15, 0.2) is 0 Å². The number of methoxy groups -OCH3 is 2. The van der Waals surface area contributed by atoms with Gasteiger partial charge in [0, 0.05) is 26.6 Å². The molecule has 0 amide bonds. The van der Waals surface area contributed by atoms with E-state index in [1.807, 2.05) is 6.07 Å². The Morgan fingerprint density at radius 3 is 2.50 bits per heavy atom. The first-order chi connectivity index (χ1) is 7.69. The van der Waals surface area contributed by atoms with Crippen molar-refractivity contribution >= 4 is 0 Å². The van der Waals surface area contributed by atoms with Gasteiger partial charge >= 0.3 is 0 Å². The molecule has 1 fully saturated rings. The first kappa shape index (κ1) is 11.4. The second-order valence-corrected chi connectivity index (χ2v) is 4.47. The van der Waals surface area contributed by atoms with Gasteiger partial charge in [-0.25, -0.2) is 0 Å². The molecule has 1 aromatic carbocycles. The molecule has 0 aliphatic carbocycles. The van der Waals surface area contributed by atoms with Crippen molar-refractivity contribution < 1.29 is 9.47 Å². The average Bonchev–Trinajstić information content (AvgIpc) is 2.24. The fraction of sp³-hybridized carbons (Fsp3) is 0.538. The predicted octanol–water partition coefficient (Wildman–Crippen LogP) is 1.53. The summed E-state index contributed by atoms with van der Waals surface area (Å²) in [6.45, 7) is 3.95. The molecule has 3 nitrogen and oxygen atoms in total. The van der Waals surface area contributed by atoms with Gasteiger partial charge in [-0.2, -0.15) is 0 Å². The molecule has 1 aromatic rings. The zero-order chi connectivity index (χ0) is 11.6. The number of benzene rings is 1. The third-order valence-electron chi connectivity index (χ3n) is 3.31. The topological polar surface area (TPSA) is 30.5 Å². The second-order valence-electron chi connectivity index (χ2n) is 4.47.